The molecular formula is C13H17N3S. The van der Waals surface area contributed by atoms with Crippen molar-refractivity contribution in [2.75, 3.05) is 7.05 Å². The van der Waals surface area contributed by atoms with E-state index in [4.69, 9.17) is 0 Å². The fourth-order valence-corrected chi connectivity index (χ4v) is 2.77. The second-order valence-corrected chi connectivity index (χ2v) is 5.15. The van der Waals surface area contributed by atoms with E-state index in [0.717, 1.165) is 18.5 Å². The molecule has 0 aliphatic heterocycles. The van der Waals surface area contributed by atoms with Gasteiger partial charge in [-0.15, -0.1) is 11.3 Å². The number of aromatic nitrogens is 2. The van der Waals surface area contributed by atoms with Crippen LogP contribution in [0, 0.1) is 0 Å². The van der Waals surface area contributed by atoms with Crippen molar-refractivity contribution >= 4 is 11.3 Å². The fourth-order valence-electron chi connectivity index (χ4n) is 1.77. The zero-order valence-corrected chi connectivity index (χ0v) is 11.0. The van der Waals surface area contributed by atoms with Gasteiger partial charge in [-0.2, -0.15) is 0 Å². The van der Waals surface area contributed by atoms with E-state index in [-0.39, 0.29) is 6.04 Å². The summed E-state index contributed by atoms with van der Waals surface area (Å²) in [6, 6.07) is 4.67. The standard InChI is InChI=1S/C13H17N3S/c1-3-10-4-5-11(17-10)8-12(14-2)13-9-15-6-7-16-13/h4-7,9,12,14H,3,8H2,1-2H3. The zero-order chi connectivity index (χ0) is 12.1. The van der Waals surface area contributed by atoms with Crippen LogP contribution < -0.4 is 5.32 Å². The first-order valence-electron chi connectivity index (χ1n) is 5.84. The Balaban J connectivity index is 2.10. The van der Waals surface area contributed by atoms with Gasteiger partial charge in [0.25, 0.3) is 0 Å². The number of hydrogen-bond acceptors (Lipinski definition) is 4. The summed E-state index contributed by atoms with van der Waals surface area (Å²) in [6.07, 6.45) is 7.36. The van der Waals surface area contributed by atoms with E-state index in [2.05, 4.69) is 34.3 Å². The Labute approximate surface area is 106 Å². The van der Waals surface area contributed by atoms with Crippen molar-refractivity contribution in [2.24, 2.45) is 0 Å². The predicted octanol–water partition coefficient (Wildman–Crippen LogP) is 2.60. The monoisotopic (exact) mass is 247 g/mol. The molecule has 2 rings (SSSR count). The minimum absolute atomic E-state index is 0.243. The minimum atomic E-state index is 0.243. The second-order valence-electron chi connectivity index (χ2n) is 3.90. The number of rotatable bonds is 5. The number of thiophene rings is 1. The quantitative estimate of drug-likeness (QED) is 0.882. The van der Waals surface area contributed by atoms with Crippen molar-refractivity contribution in [1.82, 2.24) is 15.3 Å². The highest BCUT2D eigenvalue weighted by molar-refractivity contribution is 7.11. The van der Waals surface area contributed by atoms with Crippen molar-refractivity contribution in [3.05, 3.63) is 46.2 Å². The van der Waals surface area contributed by atoms with Crippen LogP contribution in [0.1, 0.15) is 28.4 Å². The molecular weight excluding hydrogens is 230 g/mol. The van der Waals surface area contributed by atoms with Crippen molar-refractivity contribution in [3.8, 4) is 0 Å². The summed E-state index contributed by atoms with van der Waals surface area (Å²) in [5.74, 6) is 0. The van der Waals surface area contributed by atoms with Gasteiger partial charge in [-0.3, -0.25) is 9.97 Å². The highest BCUT2D eigenvalue weighted by Crippen LogP contribution is 2.22. The molecule has 0 amide bonds. The molecule has 1 N–H and O–H groups in total. The Hall–Kier alpha value is -1.26. The highest BCUT2D eigenvalue weighted by Gasteiger charge is 2.12. The third-order valence-corrected chi connectivity index (χ3v) is 4.01. The Kier molecular flexibility index (Phi) is 4.23. The van der Waals surface area contributed by atoms with E-state index >= 15 is 0 Å². The molecule has 0 spiro atoms. The van der Waals surface area contributed by atoms with E-state index in [1.54, 1.807) is 12.4 Å². The summed E-state index contributed by atoms with van der Waals surface area (Å²) in [4.78, 5) is 11.3. The van der Waals surface area contributed by atoms with Gasteiger partial charge in [-0.25, -0.2) is 0 Å². The van der Waals surface area contributed by atoms with Crippen LogP contribution in [0.15, 0.2) is 30.7 Å². The summed E-state index contributed by atoms with van der Waals surface area (Å²) in [5.41, 5.74) is 1.00. The third-order valence-electron chi connectivity index (χ3n) is 2.76. The molecule has 17 heavy (non-hydrogen) atoms. The molecule has 0 bridgehead atoms. The van der Waals surface area contributed by atoms with Gasteiger partial charge in [0, 0.05) is 34.8 Å². The molecule has 0 fully saturated rings. The molecule has 0 aliphatic carbocycles. The largest absolute Gasteiger partial charge is 0.311 e. The van der Waals surface area contributed by atoms with E-state index in [1.165, 1.54) is 9.75 Å². The Morgan fingerprint density at radius 3 is 2.71 bits per heavy atom. The van der Waals surface area contributed by atoms with Gasteiger partial charge in [0.15, 0.2) is 0 Å². The predicted molar refractivity (Wildman–Crippen MR) is 71.2 cm³/mol. The van der Waals surface area contributed by atoms with E-state index < -0.39 is 0 Å². The molecule has 0 aromatic carbocycles. The summed E-state index contributed by atoms with van der Waals surface area (Å²) in [5, 5.41) is 3.30. The molecule has 2 heterocycles. The van der Waals surface area contributed by atoms with Gasteiger partial charge in [-0.05, 0) is 25.6 Å². The highest BCUT2D eigenvalue weighted by atomic mass is 32.1. The lowest BCUT2D eigenvalue weighted by molar-refractivity contribution is 0.577. The molecule has 1 unspecified atom stereocenters. The van der Waals surface area contributed by atoms with Gasteiger partial charge in [0.2, 0.25) is 0 Å². The second kappa shape index (κ2) is 5.89. The average Bonchev–Trinajstić information content (AvgIpc) is 2.84. The van der Waals surface area contributed by atoms with Crippen molar-refractivity contribution in [3.63, 3.8) is 0 Å². The van der Waals surface area contributed by atoms with Crippen LogP contribution in [0.5, 0.6) is 0 Å². The van der Waals surface area contributed by atoms with Crippen LogP contribution >= 0.6 is 11.3 Å². The molecule has 0 radical (unpaired) electrons. The maximum Gasteiger partial charge on any atom is 0.0759 e. The number of nitrogens with one attached hydrogen (secondary N) is 1. The molecule has 1 atom stereocenters. The van der Waals surface area contributed by atoms with E-state index in [0.29, 0.717) is 0 Å². The lowest BCUT2D eigenvalue weighted by Crippen LogP contribution is -2.19. The zero-order valence-electron chi connectivity index (χ0n) is 10.2. The summed E-state index contributed by atoms with van der Waals surface area (Å²) in [7, 11) is 1.97. The lowest BCUT2D eigenvalue weighted by atomic mass is 10.1. The Morgan fingerprint density at radius 1 is 1.29 bits per heavy atom. The first kappa shape index (κ1) is 12.2. The molecule has 90 valence electrons. The number of nitrogens with zero attached hydrogens (tertiary/aromatic N) is 2. The third kappa shape index (κ3) is 3.11. The van der Waals surface area contributed by atoms with Gasteiger partial charge >= 0.3 is 0 Å². The normalized spacial score (nSPS) is 12.6. The average molecular weight is 247 g/mol. The van der Waals surface area contributed by atoms with Crippen LogP contribution in [0.4, 0.5) is 0 Å². The van der Waals surface area contributed by atoms with Crippen molar-refractivity contribution < 1.29 is 0 Å². The first-order chi connectivity index (χ1) is 8.33. The topological polar surface area (TPSA) is 37.8 Å². The molecule has 4 heteroatoms. The van der Waals surface area contributed by atoms with E-state index in [9.17, 15) is 0 Å². The van der Waals surface area contributed by atoms with Crippen LogP contribution in [0.25, 0.3) is 0 Å². The number of likely N-dealkylation sites (N-methyl/N-ethyl adjacent to an activating group) is 1. The number of aryl methyl sites for hydroxylation is 1. The van der Waals surface area contributed by atoms with Crippen molar-refractivity contribution in [2.45, 2.75) is 25.8 Å². The van der Waals surface area contributed by atoms with Crippen molar-refractivity contribution in [1.29, 1.82) is 0 Å². The van der Waals surface area contributed by atoms with Gasteiger partial charge in [0.1, 0.15) is 0 Å². The summed E-state index contributed by atoms with van der Waals surface area (Å²) in [6.45, 7) is 2.19. The van der Waals surface area contributed by atoms with Gasteiger partial charge in [0.05, 0.1) is 11.7 Å². The first-order valence-corrected chi connectivity index (χ1v) is 6.66. The number of hydrogen-bond donors (Lipinski definition) is 1. The lowest BCUT2D eigenvalue weighted by Gasteiger charge is -2.13. The molecule has 0 aliphatic rings. The Morgan fingerprint density at radius 2 is 2.12 bits per heavy atom. The van der Waals surface area contributed by atoms with Crippen LogP contribution in [-0.4, -0.2) is 17.0 Å². The van der Waals surface area contributed by atoms with Crippen LogP contribution in [0.3, 0.4) is 0 Å². The molecule has 0 saturated carbocycles. The molecule has 3 nitrogen and oxygen atoms in total. The minimum Gasteiger partial charge on any atom is -0.311 e. The van der Waals surface area contributed by atoms with Crippen LogP contribution in [-0.2, 0) is 12.8 Å². The fraction of sp³-hybridized carbons (Fsp3) is 0.385. The maximum atomic E-state index is 4.35. The summed E-state index contributed by atoms with van der Waals surface area (Å²) >= 11 is 1.88. The van der Waals surface area contributed by atoms with Gasteiger partial charge < -0.3 is 5.32 Å². The van der Waals surface area contributed by atoms with Gasteiger partial charge in [-0.1, -0.05) is 6.92 Å². The summed E-state index contributed by atoms with van der Waals surface area (Å²) < 4.78 is 0. The van der Waals surface area contributed by atoms with Crippen LogP contribution in [0.2, 0.25) is 0 Å². The smallest absolute Gasteiger partial charge is 0.0759 e. The molecule has 2 aromatic rings. The molecule has 2 aromatic heterocycles. The molecule has 0 saturated heterocycles. The van der Waals surface area contributed by atoms with E-state index in [1.807, 2.05) is 24.6 Å². The Bertz CT molecular complexity index is 453. The maximum absolute atomic E-state index is 4.35. The SMILES string of the molecule is CCc1ccc(CC(NC)c2cnccn2)s1.